The molecule has 0 saturated carbocycles. The van der Waals surface area contributed by atoms with E-state index in [2.05, 4.69) is 10.3 Å². The largest absolute Gasteiger partial charge is 0.494 e. The van der Waals surface area contributed by atoms with Crippen LogP contribution in [0.4, 0.5) is 21.5 Å². The van der Waals surface area contributed by atoms with Crippen molar-refractivity contribution >= 4 is 28.1 Å². The van der Waals surface area contributed by atoms with Crippen LogP contribution in [0.15, 0.2) is 35.1 Å². The minimum atomic E-state index is -0.466. The second kappa shape index (κ2) is 8.04. The van der Waals surface area contributed by atoms with Crippen molar-refractivity contribution in [3.63, 3.8) is 0 Å². The fraction of sp³-hybridized carbons (Fsp3) is 0.350. The number of hydrogen-bond acceptors (Lipinski definition) is 6. The highest BCUT2D eigenvalue weighted by Crippen LogP contribution is 2.35. The number of imidazole rings is 1. The van der Waals surface area contributed by atoms with Gasteiger partial charge in [-0.1, -0.05) is 6.07 Å². The Labute approximate surface area is 168 Å². The number of aromatic nitrogens is 2. The molecule has 2 aromatic carbocycles. The summed E-state index contributed by atoms with van der Waals surface area (Å²) in [6.07, 6.45) is 0. The Morgan fingerprint density at radius 2 is 1.93 bits per heavy atom. The van der Waals surface area contributed by atoms with Gasteiger partial charge in [-0.25, -0.2) is 13.9 Å². The van der Waals surface area contributed by atoms with Crippen molar-refractivity contribution < 1.29 is 9.13 Å². The zero-order valence-electron chi connectivity index (χ0n) is 17.4. The monoisotopic (exact) mass is 402 g/mol. The van der Waals surface area contributed by atoms with Crippen LogP contribution >= 0.6 is 0 Å². The topological polar surface area (TPSA) is 80.7 Å². The minimum Gasteiger partial charge on any atom is -0.494 e. The summed E-state index contributed by atoms with van der Waals surface area (Å²) in [7, 11) is 9.05. The van der Waals surface area contributed by atoms with Crippen molar-refractivity contribution in [1.29, 1.82) is 0 Å². The maximum Gasteiger partial charge on any atom is 0.347 e. The van der Waals surface area contributed by atoms with Crippen LogP contribution in [0, 0.1) is 5.82 Å². The molecule has 9 heteroatoms. The average Bonchev–Trinajstić information content (AvgIpc) is 2.92. The third-order valence-corrected chi connectivity index (χ3v) is 4.89. The summed E-state index contributed by atoms with van der Waals surface area (Å²) in [6.45, 7) is 1.66. The van der Waals surface area contributed by atoms with E-state index < -0.39 is 11.5 Å². The lowest BCUT2D eigenvalue weighted by Gasteiger charge is -2.24. The SMILES string of the molecule is COc1cc(N(C)CCN(C)C)c(N)cc1Nn1c(=O)n(C)c2c(F)cccc21. The number of likely N-dealkylation sites (N-methyl/N-ethyl adjacent to an activating group) is 2. The first-order chi connectivity index (χ1) is 13.7. The normalized spacial score (nSPS) is 11.3. The Hall–Kier alpha value is -3.20. The number of nitrogens with zero attached hydrogens (tertiary/aromatic N) is 4. The van der Waals surface area contributed by atoms with E-state index in [9.17, 15) is 9.18 Å². The molecular weight excluding hydrogens is 375 g/mol. The van der Waals surface area contributed by atoms with Gasteiger partial charge < -0.3 is 20.3 Å². The predicted octanol–water partition coefficient (Wildman–Crippen LogP) is 1.94. The van der Waals surface area contributed by atoms with E-state index in [1.165, 1.54) is 22.4 Å². The Balaban J connectivity index is 2.02. The number of methoxy groups -OCH3 is 1. The number of fused-ring (bicyclic) bond motifs is 1. The lowest BCUT2D eigenvalue weighted by Crippen LogP contribution is -2.29. The number of nitrogen functional groups attached to an aromatic ring is 1. The van der Waals surface area contributed by atoms with Gasteiger partial charge in [0.2, 0.25) is 0 Å². The van der Waals surface area contributed by atoms with Crippen molar-refractivity contribution in [1.82, 2.24) is 14.1 Å². The van der Waals surface area contributed by atoms with Crippen LogP contribution in [0.3, 0.4) is 0 Å². The molecule has 3 N–H and O–H groups in total. The van der Waals surface area contributed by atoms with Gasteiger partial charge >= 0.3 is 5.69 Å². The van der Waals surface area contributed by atoms with Gasteiger partial charge in [-0.15, -0.1) is 0 Å². The van der Waals surface area contributed by atoms with E-state index in [0.29, 0.717) is 22.6 Å². The van der Waals surface area contributed by atoms with Crippen LogP contribution in [0.5, 0.6) is 5.75 Å². The number of halogens is 1. The summed E-state index contributed by atoms with van der Waals surface area (Å²) in [5.74, 6) is 0.0539. The van der Waals surface area contributed by atoms with Gasteiger partial charge in [-0.2, -0.15) is 0 Å². The van der Waals surface area contributed by atoms with E-state index in [-0.39, 0.29) is 5.52 Å². The molecule has 0 amide bonds. The average molecular weight is 402 g/mol. The fourth-order valence-corrected chi connectivity index (χ4v) is 3.24. The Kier molecular flexibility index (Phi) is 5.69. The predicted molar refractivity (Wildman–Crippen MR) is 115 cm³/mol. The third-order valence-electron chi connectivity index (χ3n) is 4.89. The molecule has 3 aromatic rings. The van der Waals surface area contributed by atoms with Gasteiger partial charge in [0.15, 0.2) is 0 Å². The summed E-state index contributed by atoms with van der Waals surface area (Å²) in [5.41, 5.74) is 11.4. The summed E-state index contributed by atoms with van der Waals surface area (Å²) >= 11 is 0. The number of aryl methyl sites for hydroxylation is 1. The molecule has 0 spiro atoms. The first-order valence-corrected chi connectivity index (χ1v) is 9.21. The summed E-state index contributed by atoms with van der Waals surface area (Å²) < 4.78 is 22.3. The van der Waals surface area contributed by atoms with Crippen molar-refractivity contribution in [2.75, 3.05) is 57.4 Å². The lowest BCUT2D eigenvalue weighted by atomic mass is 10.2. The first-order valence-electron chi connectivity index (χ1n) is 9.21. The highest BCUT2D eigenvalue weighted by atomic mass is 19.1. The Bertz CT molecular complexity index is 1090. The number of hydrogen-bond donors (Lipinski definition) is 2. The zero-order valence-corrected chi connectivity index (χ0v) is 17.4. The molecule has 0 unspecified atom stereocenters. The third kappa shape index (κ3) is 3.86. The zero-order chi connectivity index (χ0) is 21.3. The van der Waals surface area contributed by atoms with Gasteiger partial charge in [0, 0.05) is 33.3 Å². The lowest BCUT2D eigenvalue weighted by molar-refractivity contribution is 0.413. The van der Waals surface area contributed by atoms with E-state index in [1.807, 2.05) is 32.1 Å². The van der Waals surface area contributed by atoms with Crippen molar-refractivity contribution in [2.24, 2.45) is 7.05 Å². The fourth-order valence-electron chi connectivity index (χ4n) is 3.24. The molecule has 1 aromatic heterocycles. The van der Waals surface area contributed by atoms with Gasteiger partial charge in [0.1, 0.15) is 17.1 Å². The van der Waals surface area contributed by atoms with E-state index in [4.69, 9.17) is 10.5 Å². The van der Waals surface area contributed by atoms with Crippen LogP contribution in [0.25, 0.3) is 11.0 Å². The molecule has 8 nitrogen and oxygen atoms in total. The molecule has 1 heterocycles. The van der Waals surface area contributed by atoms with Crippen LogP contribution in [0.2, 0.25) is 0 Å². The molecule has 29 heavy (non-hydrogen) atoms. The molecule has 0 aliphatic carbocycles. The molecule has 0 aliphatic heterocycles. The number of ether oxygens (including phenoxy) is 1. The Morgan fingerprint density at radius 1 is 1.21 bits per heavy atom. The van der Waals surface area contributed by atoms with Gasteiger partial charge in [0.05, 0.1) is 29.7 Å². The van der Waals surface area contributed by atoms with E-state index >= 15 is 0 Å². The molecule has 0 atom stereocenters. The molecule has 0 fully saturated rings. The van der Waals surface area contributed by atoms with Crippen molar-refractivity contribution in [2.45, 2.75) is 0 Å². The molecule has 3 rings (SSSR count). The van der Waals surface area contributed by atoms with E-state index in [0.717, 1.165) is 18.8 Å². The van der Waals surface area contributed by atoms with Crippen LogP contribution < -0.4 is 26.5 Å². The number of anilines is 3. The summed E-state index contributed by atoms with van der Waals surface area (Å²) in [5, 5.41) is 0. The maximum atomic E-state index is 14.2. The minimum absolute atomic E-state index is 0.219. The molecule has 156 valence electrons. The molecular formula is C20H27FN6O2. The van der Waals surface area contributed by atoms with Crippen LogP contribution in [-0.4, -0.2) is 55.5 Å². The number of rotatable bonds is 7. The van der Waals surface area contributed by atoms with Gasteiger partial charge in [-0.05, 0) is 32.3 Å². The second-order valence-corrected chi connectivity index (χ2v) is 7.23. The number of nitrogens with one attached hydrogen (secondary N) is 1. The highest BCUT2D eigenvalue weighted by Gasteiger charge is 2.17. The Morgan fingerprint density at radius 3 is 2.59 bits per heavy atom. The van der Waals surface area contributed by atoms with Gasteiger partial charge in [-0.3, -0.25) is 9.99 Å². The van der Waals surface area contributed by atoms with Crippen LogP contribution in [-0.2, 0) is 7.05 Å². The number of benzene rings is 2. The maximum absolute atomic E-state index is 14.2. The number of nitrogens with two attached hydrogens (primary N) is 1. The second-order valence-electron chi connectivity index (χ2n) is 7.23. The first kappa shape index (κ1) is 20.5. The van der Waals surface area contributed by atoms with Crippen LogP contribution in [0.1, 0.15) is 0 Å². The quantitative estimate of drug-likeness (QED) is 0.588. The standard InChI is InChI=1S/C20H27FN6O2/c1-24(2)9-10-25(3)17-12-18(29-5)15(11-14(17)22)23-27-16-8-6-7-13(21)19(16)26(4)20(27)28/h6-8,11-12,23H,9-10,22H2,1-5H3. The van der Waals surface area contributed by atoms with Gasteiger partial charge in [0.25, 0.3) is 0 Å². The number of para-hydroxylation sites is 1. The molecule has 0 bridgehead atoms. The van der Waals surface area contributed by atoms with E-state index in [1.54, 1.807) is 25.3 Å². The van der Waals surface area contributed by atoms with Crippen molar-refractivity contribution in [3.8, 4) is 5.75 Å². The molecule has 0 saturated heterocycles. The van der Waals surface area contributed by atoms with Crippen molar-refractivity contribution in [3.05, 3.63) is 46.6 Å². The highest BCUT2D eigenvalue weighted by molar-refractivity contribution is 5.80. The summed E-state index contributed by atoms with van der Waals surface area (Å²) in [6, 6.07) is 8.09. The smallest absolute Gasteiger partial charge is 0.347 e. The molecule has 0 aliphatic rings. The summed E-state index contributed by atoms with van der Waals surface area (Å²) in [4.78, 5) is 16.8. The molecule has 0 radical (unpaired) electrons.